The number of halogens is 1. The SMILES string of the molecule is Cc1c(Br)cccc1C(=O)NCc1ncc[nH]1. The highest BCUT2D eigenvalue weighted by atomic mass is 79.9. The van der Waals surface area contributed by atoms with Crippen LogP contribution in [0, 0.1) is 6.92 Å². The lowest BCUT2D eigenvalue weighted by Crippen LogP contribution is -2.24. The molecule has 0 radical (unpaired) electrons. The fourth-order valence-electron chi connectivity index (χ4n) is 1.51. The predicted molar refractivity (Wildman–Crippen MR) is 68.6 cm³/mol. The van der Waals surface area contributed by atoms with E-state index in [4.69, 9.17) is 0 Å². The van der Waals surface area contributed by atoms with Gasteiger partial charge in [-0.2, -0.15) is 0 Å². The standard InChI is InChI=1S/C12H12BrN3O/c1-8-9(3-2-4-10(8)13)12(17)16-7-11-14-5-6-15-11/h2-6H,7H2,1H3,(H,14,15)(H,16,17). The summed E-state index contributed by atoms with van der Waals surface area (Å²) in [5, 5.41) is 2.82. The van der Waals surface area contributed by atoms with Crippen LogP contribution >= 0.6 is 15.9 Å². The van der Waals surface area contributed by atoms with Crippen molar-refractivity contribution in [2.75, 3.05) is 0 Å². The second-order valence-corrected chi connectivity index (χ2v) is 4.49. The molecule has 1 heterocycles. The van der Waals surface area contributed by atoms with E-state index in [9.17, 15) is 4.79 Å². The Kier molecular flexibility index (Phi) is 3.58. The molecule has 0 atom stereocenters. The molecule has 17 heavy (non-hydrogen) atoms. The molecule has 0 spiro atoms. The number of benzene rings is 1. The number of carbonyl (C=O) groups excluding carboxylic acids is 1. The zero-order valence-electron chi connectivity index (χ0n) is 9.33. The van der Waals surface area contributed by atoms with Crippen molar-refractivity contribution in [2.24, 2.45) is 0 Å². The van der Waals surface area contributed by atoms with Crippen LogP contribution in [0.15, 0.2) is 35.1 Å². The van der Waals surface area contributed by atoms with Gasteiger partial charge in [0.2, 0.25) is 0 Å². The molecule has 0 aliphatic rings. The molecule has 0 bridgehead atoms. The Balaban J connectivity index is 2.07. The number of rotatable bonds is 3. The number of aromatic nitrogens is 2. The van der Waals surface area contributed by atoms with Gasteiger partial charge in [0.05, 0.1) is 6.54 Å². The van der Waals surface area contributed by atoms with Crippen molar-refractivity contribution < 1.29 is 4.79 Å². The van der Waals surface area contributed by atoms with Crippen LogP contribution in [0.3, 0.4) is 0 Å². The normalized spacial score (nSPS) is 10.2. The van der Waals surface area contributed by atoms with E-state index in [0.717, 1.165) is 15.9 Å². The number of aromatic amines is 1. The molecule has 0 fully saturated rings. The molecule has 0 aliphatic carbocycles. The number of amides is 1. The Labute approximate surface area is 108 Å². The Morgan fingerprint density at radius 2 is 2.35 bits per heavy atom. The number of nitrogens with zero attached hydrogens (tertiary/aromatic N) is 1. The van der Waals surface area contributed by atoms with E-state index in [1.165, 1.54) is 0 Å². The van der Waals surface area contributed by atoms with Gasteiger partial charge >= 0.3 is 0 Å². The van der Waals surface area contributed by atoms with Gasteiger partial charge in [-0.15, -0.1) is 0 Å². The van der Waals surface area contributed by atoms with Crippen LogP contribution in [0.2, 0.25) is 0 Å². The first-order valence-electron chi connectivity index (χ1n) is 5.20. The first-order chi connectivity index (χ1) is 8.18. The maximum atomic E-state index is 11.9. The van der Waals surface area contributed by atoms with Gasteiger partial charge in [0.1, 0.15) is 5.82 Å². The fraction of sp³-hybridized carbons (Fsp3) is 0.167. The smallest absolute Gasteiger partial charge is 0.251 e. The van der Waals surface area contributed by atoms with E-state index in [1.807, 2.05) is 19.1 Å². The summed E-state index contributed by atoms with van der Waals surface area (Å²) in [6.07, 6.45) is 3.39. The van der Waals surface area contributed by atoms with Crippen LogP contribution in [0.25, 0.3) is 0 Å². The van der Waals surface area contributed by atoms with Gasteiger partial charge in [-0.1, -0.05) is 22.0 Å². The molecule has 1 aromatic heterocycles. The number of H-pyrrole nitrogens is 1. The van der Waals surface area contributed by atoms with Crippen molar-refractivity contribution in [1.29, 1.82) is 0 Å². The third-order valence-corrected chi connectivity index (χ3v) is 3.34. The van der Waals surface area contributed by atoms with Crippen LogP contribution in [0.1, 0.15) is 21.7 Å². The Hall–Kier alpha value is -1.62. The minimum absolute atomic E-state index is 0.0970. The highest BCUT2D eigenvalue weighted by molar-refractivity contribution is 9.10. The number of hydrogen-bond acceptors (Lipinski definition) is 2. The molecule has 0 saturated heterocycles. The lowest BCUT2D eigenvalue weighted by molar-refractivity contribution is 0.0949. The van der Waals surface area contributed by atoms with Crippen molar-refractivity contribution in [3.05, 3.63) is 52.0 Å². The van der Waals surface area contributed by atoms with Crippen molar-refractivity contribution in [3.63, 3.8) is 0 Å². The van der Waals surface area contributed by atoms with Crippen LogP contribution < -0.4 is 5.32 Å². The predicted octanol–water partition coefficient (Wildman–Crippen LogP) is 2.41. The Morgan fingerprint density at radius 3 is 3.06 bits per heavy atom. The first kappa shape index (κ1) is 11.9. The molecule has 1 amide bonds. The summed E-state index contributed by atoms with van der Waals surface area (Å²) >= 11 is 3.41. The monoisotopic (exact) mass is 293 g/mol. The van der Waals surface area contributed by atoms with E-state index in [2.05, 4.69) is 31.2 Å². The largest absolute Gasteiger partial charge is 0.347 e. The lowest BCUT2D eigenvalue weighted by Gasteiger charge is -2.07. The van der Waals surface area contributed by atoms with E-state index >= 15 is 0 Å². The second-order valence-electron chi connectivity index (χ2n) is 3.63. The zero-order valence-corrected chi connectivity index (χ0v) is 10.9. The summed E-state index contributed by atoms with van der Waals surface area (Å²) < 4.78 is 0.933. The van der Waals surface area contributed by atoms with Crippen molar-refractivity contribution >= 4 is 21.8 Å². The van der Waals surface area contributed by atoms with Crippen LogP contribution in [0.4, 0.5) is 0 Å². The van der Waals surface area contributed by atoms with Crippen molar-refractivity contribution in [3.8, 4) is 0 Å². The van der Waals surface area contributed by atoms with Gasteiger partial charge in [-0.05, 0) is 24.6 Å². The molecule has 2 rings (SSSR count). The Morgan fingerprint density at radius 1 is 1.53 bits per heavy atom. The molecule has 0 unspecified atom stereocenters. The molecule has 2 N–H and O–H groups in total. The number of hydrogen-bond donors (Lipinski definition) is 2. The Bertz CT molecular complexity index is 523. The van der Waals surface area contributed by atoms with E-state index < -0.39 is 0 Å². The van der Waals surface area contributed by atoms with Gasteiger partial charge in [0, 0.05) is 22.4 Å². The average Bonchev–Trinajstić information content (AvgIpc) is 2.82. The summed E-state index contributed by atoms with van der Waals surface area (Å²) in [7, 11) is 0. The number of nitrogens with one attached hydrogen (secondary N) is 2. The highest BCUT2D eigenvalue weighted by Crippen LogP contribution is 2.19. The van der Waals surface area contributed by atoms with Gasteiger partial charge in [0.15, 0.2) is 0 Å². The summed E-state index contributed by atoms with van der Waals surface area (Å²) in [5.74, 6) is 0.645. The van der Waals surface area contributed by atoms with E-state index in [0.29, 0.717) is 12.1 Å². The third-order valence-electron chi connectivity index (χ3n) is 2.48. The second kappa shape index (κ2) is 5.14. The van der Waals surface area contributed by atoms with E-state index in [-0.39, 0.29) is 5.91 Å². The average molecular weight is 294 g/mol. The maximum Gasteiger partial charge on any atom is 0.251 e. The minimum atomic E-state index is -0.0970. The molecule has 2 aromatic rings. The molecular weight excluding hydrogens is 282 g/mol. The molecule has 4 nitrogen and oxygen atoms in total. The number of imidazole rings is 1. The van der Waals surface area contributed by atoms with Crippen LogP contribution in [-0.2, 0) is 6.54 Å². The molecular formula is C12H12BrN3O. The highest BCUT2D eigenvalue weighted by Gasteiger charge is 2.10. The van der Waals surface area contributed by atoms with Crippen LogP contribution in [-0.4, -0.2) is 15.9 Å². The van der Waals surface area contributed by atoms with Gasteiger partial charge in [-0.25, -0.2) is 4.98 Å². The quantitative estimate of drug-likeness (QED) is 0.913. The van der Waals surface area contributed by atoms with Crippen molar-refractivity contribution in [1.82, 2.24) is 15.3 Å². The third kappa shape index (κ3) is 2.74. The molecule has 5 heteroatoms. The summed E-state index contributed by atoms with van der Waals surface area (Å²) in [6, 6.07) is 5.56. The van der Waals surface area contributed by atoms with Crippen LogP contribution in [0.5, 0.6) is 0 Å². The maximum absolute atomic E-state index is 11.9. The van der Waals surface area contributed by atoms with Gasteiger partial charge in [-0.3, -0.25) is 4.79 Å². The molecule has 0 saturated carbocycles. The summed E-state index contributed by atoms with van der Waals surface area (Å²) in [5.41, 5.74) is 1.61. The topological polar surface area (TPSA) is 57.8 Å². The molecule has 1 aromatic carbocycles. The molecule has 0 aliphatic heterocycles. The van der Waals surface area contributed by atoms with Gasteiger partial charge in [0.25, 0.3) is 5.91 Å². The number of carbonyl (C=O) groups is 1. The van der Waals surface area contributed by atoms with Gasteiger partial charge < -0.3 is 10.3 Å². The lowest BCUT2D eigenvalue weighted by atomic mass is 10.1. The van der Waals surface area contributed by atoms with E-state index in [1.54, 1.807) is 18.5 Å². The zero-order chi connectivity index (χ0) is 12.3. The summed E-state index contributed by atoms with van der Waals surface area (Å²) in [4.78, 5) is 18.9. The van der Waals surface area contributed by atoms with Crippen molar-refractivity contribution in [2.45, 2.75) is 13.5 Å². The fourth-order valence-corrected chi connectivity index (χ4v) is 1.87. The molecule has 88 valence electrons. The first-order valence-corrected chi connectivity index (χ1v) is 5.99. The minimum Gasteiger partial charge on any atom is -0.347 e. The summed E-state index contributed by atoms with van der Waals surface area (Å²) in [6.45, 7) is 2.31.